The predicted molar refractivity (Wildman–Crippen MR) is 47.2 cm³/mol. The van der Waals surface area contributed by atoms with Crippen LogP contribution in [0.15, 0.2) is 0 Å². The van der Waals surface area contributed by atoms with Crippen LogP contribution in [-0.4, -0.2) is 18.3 Å². The van der Waals surface area contributed by atoms with E-state index in [-0.39, 0.29) is 24.8 Å². The molecule has 3 nitrogen and oxygen atoms in total. The second-order valence-corrected chi connectivity index (χ2v) is 1.76. The van der Waals surface area contributed by atoms with Crippen molar-refractivity contribution in [2.75, 3.05) is 13.1 Å². The Hall–Kier alpha value is 0.460. The summed E-state index contributed by atoms with van der Waals surface area (Å²) in [4.78, 5) is 0. The Balaban J connectivity index is -0.000000245. The molecular formula is C5H16Cl2N2O. The number of rotatable bonds is 5. The largest absolute Gasteiger partial charge is 0.330 e. The number of halogens is 2. The predicted octanol–water partition coefficient (Wildman–Crippen LogP) is 0.938. The number of hydrogen-bond acceptors (Lipinski definition) is 3. The topological polar surface area (TPSA) is 58.3 Å². The number of hydroxylamine groups is 1. The van der Waals surface area contributed by atoms with Gasteiger partial charge in [-0.2, -0.15) is 0 Å². The van der Waals surface area contributed by atoms with Gasteiger partial charge in [0, 0.05) is 6.54 Å². The van der Waals surface area contributed by atoms with Crippen molar-refractivity contribution in [1.29, 1.82) is 0 Å². The lowest BCUT2D eigenvalue weighted by molar-refractivity contribution is 0.165. The SMILES string of the molecule is Cl.Cl.NCCCCCNO. The van der Waals surface area contributed by atoms with E-state index >= 15 is 0 Å². The van der Waals surface area contributed by atoms with Crippen molar-refractivity contribution in [1.82, 2.24) is 5.48 Å². The van der Waals surface area contributed by atoms with E-state index in [0.29, 0.717) is 6.54 Å². The fraction of sp³-hybridized carbons (Fsp3) is 1.00. The Kier molecular flexibility index (Phi) is 27.3. The summed E-state index contributed by atoms with van der Waals surface area (Å²) >= 11 is 0. The molecule has 0 bridgehead atoms. The maximum atomic E-state index is 8.08. The van der Waals surface area contributed by atoms with Gasteiger partial charge in [-0.3, -0.25) is 0 Å². The monoisotopic (exact) mass is 190 g/mol. The third-order valence-electron chi connectivity index (χ3n) is 0.993. The van der Waals surface area contributed by atoms with Crippen LogP contribution in [0.25, 0.3) is 0 Å². The molecule has 66 valence electrons. The third kappa shape index (κ3) is 15.8. The highest BCUT2D eigenvalue weighted by Crippen LogP contribution is 1.89. The highest BCUT2D eigenvalue weighted by atomic mass is 35.5. The molecule has 0 aliphatic carbocycles. The van der Waals surface area contributed by atoms with Crippen LogP contribution in [-0.2, 0) is 0 Å². The second kappa shape index (κ2) is 16.2. The molecule has 4 N–H and O–H groups in total. The van der Waals surface area contributed by atoms with Crippen LogP contribution < -0.4 is 11.2 Å². The van der Waals surface area contributed by atoms with E-state index in [9.17, 15) is 0 Å². The van der Waals surface area contributed by atoms with Crippen molar-refractivity contribution in [2.24, 2.45) is 5.73 Å². The lowest BCUT2D eigenvalue weighted by Gasteiger charge is -1.94. The zero-order valence-corrected chi connectivity index (χ0v) is 7.51. The fourth-order valence-corrected chi connectivity index (χ4v) is 0.525. The van der Waals surface area contributed by atoms with E-state index in [1.165, 1.54) is 0 Å². The van der Waals surface area contributed by atoms with Crippen molar-refractivity contribution < 1.29 is 5.21 Å². The van der Waals surface area contributed by atoms with Gasteiger partial charge in [-0.1, -0.05) is 6.42 Å². The lowest BCUT2D eigenvalue weighted by Crippen LogP contribution is -2.09. The minimum Gasteiger partial charge on any atom is -0.330 e. The quantitative estimate of drug-likeness (QED) is 0.447. The summed E-state index contributed by atoms with van der Waals surface area (Å²) in [5.74, 6) is 0. The molecule has 0 saturated carbocycles. The minimum absolute atomic E-state index is 0. The van der Waals surface area contributed by atoms with Crippen molar-refractivity contribution in [3.63, 3.8) is 0 Å². The minimum atomic E-state index is 0. The van der Waals surface area contributed by atoms with E-state index in [0.717, 1.165) is 25.8 Å². The number of hydrogen-bond donors (Lipinski definition) is 3. The van der Waals surface area contributed by atoms with Crippen LogP contribution in [0.3, 0.4) is 0 Å². The first-order valence-corrected chi connectivity index (χ1v) is 2.99. The number of nitrogens with one attached hydrogen (secondary N) is 1. The first-order chi connectivity index (χ1) is 3.91. The van der Waals surface area contributed by atoms with E-state index in [2.05, 4.69) is 5.48 Å². The van der Waals surface area contributed by atoms with Gasteiger partial charge in [-0.15, -0.1) is 24.8 Å². The summed E-state index contributed by atoms with van der Waals surface area (Å²) in [5.41, 5.74) is 7.31. The van der Waals surface area contributed by atoms with Gasteiger partial charge in [0.25, 0.3) is 0 Å². The lowest BCUT2D eigenvalue weighted by atomic mass is 10.2. The molecule has 0 aromatic rings. The summed E-state index contributed by atoms with van der Waals surface area (Å²) in [7, 11) is 0. The van der Waals surface area contributed by atoms with Gasteiger partial charge in [-0.25, -0.2) is 5.48 Å². The molecule has 0 unspecified atom stereocenters. The molecule has 0 aliphatic heterocycles. The van der Waals surface area contributed by atoms with Gasteiger partial charge in [0.15, 0.2) is 0 Å². The van der Waals surface area contributed by atoms with E-state index in [1.54, 1.807) is 0 Å². The molecule has 0 fully saturated rings. The molecule has 0 aromatic heterocycles. The van der Waals surface area contributed by atoms with E-state index < -0.39 is 0 Å². The average molecular weight is 191 g/mol. The highest BCUT2D eigenvalue weighted by Gasteiger charge is 1.83. The molecular weight excluding hydrogens is 175 g/mol. The first-order valence-electron chi connectivity index (χ1n) is 2.99. The summed E-state index contributed by atoms with van der Waals surface area (Å²) in [6.45, 7) is 1.44. The molecule has 0 aliphatic rings. The molecule has 0 spiro atoms. The van der Waals surface area contributed by atoms with Crippen LogP contribution >= 0.6 is 24.8 Å². The van der Waals surface area contributed by atoms with Gasteiger partial charge in [-0.05, 0) is 19.4 Å². The first kappa shape index (κ1) is 16.8. The Morgan fingerprint density at radius 2 is 1.70 bits per heavy atom. The van der Waals surface area contributed by atoms with Gasteiger partial charge < -0.3 is 10.9 Å². The highest BCUT2D eigenvalue weighted by molar-refractivity contribution is 5.85. The molecule has 0 saturated heterocycles. The number of nitrogens with two attached hydrogens (primary N) is 1. The summed E-state index contributed by atoms with van der Waals surface area (Å²) in [5, 5.41) is 8.08. The Labute approximate surface area is 74.1 Å². The van der Waals surface area contributed by atoms with E-state index in [1.807, 2.05) is 0 Å². The maximum Gasteiger partial charge on any atom is 0.0207 e. The Bertz CT molecular complexity index is 42.6. The fourth-order valence-electron chi connectivity index (χ4n) is 0.525. The van der Waals surface area contributed by atoms with Gasteiger partial charge in [0.1, 0.15) is 0 Å². The standard InChI is InChI=1S/C5H14N2O.2ClH/c6-4-2-1-3-5-7-8;;/h7-8H,1-6H2;2*1H. The third-order valence-corrected chi connectivity index (χ3v) is 0.993. The van der Waals surface area contributed by atoms with Crippen molar-refractivity contribution in [3.05, 3.63) is 0 Å². The summed E-state index contributed by atoms with van der Waals surface area (Å²) < 4.78 is 0. The van der Waals surface area contributed by atoms with Crippen LogP contribution in [0.1, 0.15) is 19.3 Å². The van der Waals surface area contributed by atoms with E-state index in [4.69, 9.17) is 10.9 Å². The number of unbranched alkanes of at least 4 members (excludes halogenated alkanes) is 2. The van der Waals surface area contributed by atoms with Gasteiger partial charge in [0.2, 0.25) is 0 Å². The average Bonchev–Trinajstić information content (AvgIpc) is 1.81. The van der Waals surface area contributed by atoms with Crippen molar-refractivity contribution >= 4 is 24.8 Å². The van der Waals surface area contributed by atoms with Gasteiger partial charge >= 0.3 is 0 Å². The van der Waals surface area contributed by atoms with Gasteiger partial charge in [0.05, 0.1) is 0 Å². The molecule has 0 radical (unpaired) electrons. The zero-order valence-electron chi connectivity index (χ0n) is 5.88. The molecule has 0 heterocycles. The summed E-state index contributed by atoms with van der Waals surface area (Å²) in [6, 6.07) is 0. The van der Waals surface area contributed by atoms with Crippen molar-refractivity contribution in [2.45, 2.75) is 19.3 Å². The molecule has 5 heteroatoms. The van der Waals surface area contributed by atoms with Crippen LogP contribution in [0, 0.1) is 0 Å². The van der Waals surface area contributed by atoms with Crippen LogP contribution in [0.4, 0.5) is 0 Å². The summed E-state index contributed by atoms with van der Waals surface area (Å²) in [6.07, 6.45) is 3.17. The van der Waals surface area contributed by atoms with Crippen LogP contribution in [0.2, 0.25) is 0 Å². The Morgan fingerprint density at radius 3 is 2.10 bits per heavy atom. The molecule has 0 atom stereocenters. The van der Waals surface area contributed by atoms with Crippen LogP contribution in [0.5, 0.6) is 0 Å². The zero-order chi connectivity index (χ0) is 6.24. The second-order valence-electron chi connectivity index (χ2n) is 1.76. The molecule has 0 rings (SSSR count). The molecule has 10 heavy (non-hydrogen) atoms. The maximum absolute atomic E-state index is 8.08. The smallest absolute Gasteiger partial charge is 0.0207 e. The molecule has 0 amide bonds. The normalized spacial score (nSPS) is 7.80. The Morgan fingerprint density at radius 1 is 1.10 bits per heavy atom. The molecule has 0 aromatic carbocycles. The van der Waals surface area contributed by atoms with Crippen molar-refractivity contribution in [3.8, 4) is 0 Å².